The van der Waals surface area contributed by atoms with Crippen LogP contribution in [0.1, 0.15) is 55.3 Å². The van der Waals surface area contributed by atoms with Crippen molar-refractivity contribution in [3.8, 4) is 5.75 Å². The molecule has 1 amide bonds. The molecule has 1 aromatic rings. The van der Waals surface area contributed by atoms with Gasteiger partial charge in [-0.1, -0.05) is 11.6 Å². The van der Waals surface area contributed by atoms with E-state index in [-0.39, 0.29) is 12.0 Å². The molecule has 1 aromatic carbocycles. The molecule has 0 unspecified atom stereocenters. The summed E-state index contributed by atoms with van der Waals surface area (Å²) in [7, 11) is 1.99. The third kappa shape index (κ3) is 4.89. The lowest BCUT2D eigenvalue weighted by Crippen LogP contribution is -2.39. The number of carbonyl (C=O) groups is 1. The Labute approximate surface area is 155 Å². The molecule has 0 bridgehead atoms. The zero-order valence-electron chi connectivity index (χ0n) is 15.1. The van der Waals surface area contributed by atoms with Crippen LogP contribution in [0.2, 0.25) is 5.02 Å². The third-order valence-corrected chi connectivity index (χ3v) is 5.71. The van der Waals surface area contributed by atoms with Crippen LogP contribution in [0.5, 0.6) is 5.75 Å². The Morgan fingerprint density at radius 3 is 2.64 bits per heavy atom. The molecule has 2 aliphatic rings. The summed E-state index contributed by atoms with van der Waals surface area (Å²) in [6, 6.07) is 5.43. The highest BCUT2D eigenvalue weighted by molar-refractivity contribution is 6.31. The van der Waals surface area contributed by atoms with Gasteiger partial charge in [0.2, 0.25) is 0 Å². The number of nitrogens with zero attached hydrogens (tertiary/aromatic N) is 1. The van der Waals surface area contributed by atoms with Gasteiger partial charge in [-0.15, -0.1) is 0 Å². The minimum Gasteiger partial charge on any atom is -0.490 e. The van der Waals surface area contributed by atoms with Gasteiger partial charge in [0.1, 0.15) is 5.75 Å². The monoisotopic (exact) mass is 364 g/mol. The fourth-order valence-electron chi connectivity index (χ4n) is 3.90. The molecular weight excluding hydrogens is 336 g/mol. The Bertz CT molecular complexity index is 579. The summed E-state index contributed by atoms with van der Waals surface area (Å²) in [4.78, 5) is 15.0. The zero-order chi connectivity index (χ0) is 17.6. The zero-order valence-corrected chi connectivity index (χ0v) is 15.9. The highest BCUT2D eigenvalue weighted by atomic mass is 35.5. The van der Waals surface area contributed by atoms with Gasteiger partial charge in [-0.25, -0.2) is 0 Å². The summed E-state index contributed by atoms with van der Waals surface area (Å²) < 4.78 is 6.13. The number of halogens is 1. The Kier molecular flexibility index (Phi) is 6.60. The number of rotatable bonds is 6. The molecule has 3 rings (SSSR count). The van der Waals surface area contributed by atoms with E-state index in [0.717, 1.165) is 45.3 Å². The number of likely N-dealkylation sites (tertiary alicyclic amines) is 1. The predicted molar refractivity (Wildman–Crippen MR) is 102 cm³/mol. The molecular formula is C20H29ClN2O2. The van der Waals surface area contributed by atoms with Gasteiger partial charge in [0.25, 0.3) is 5.91 Å². The predicted octanol–water partition coefficient (Wildman–Crippen LogP) is 4.12. The first kappa shape index (κ1) is 18.5. The second-order valence-electron chi connectivity index (χ2n) is 7.29. The fourth-order valence-corrected chi connectivity index (χ4v) is 4.07. The highest BCUT2D eigenvalue weighted by Crippen LogP contribution is 2.30. The van der Waals surface area contributed by atoms with Gasteiger partial charge in [-0.05, 0) is 82.7 Å². The van der Waals surface area contributed by atoms with Gasteiger partial charge in [-0.2, -0.15) is 0 Å². The molecule has 1 saturated carbocycles. The topological polar surface area (TPSA) is 41.6 Å². The van der Waals surface area contributed by atoms with E-state index < -0.39 is 0 Å². The summed E-state index contributed by atoms with van der Waals surface area (Å²) in [6.07, 6.45) is 8.15. The number of benzene rings is 1. The Balaban J connectivity index is 1.66. The molecule has 5 heteroatoms. The Morgan fingerprint density at radius 1 is 1.24 bits per heavy atom. The van der Waals surface area contributed by atoms with E-state index in [0.29, 0.717) is 22.3 Å². The molecule has 1 heterocycles. The van der Waals surface area contributed by atoms with E-state index >= 15 is 0 Å². The summed E-state index contributed by atoms with van der Waals surface area (Å²) in [6.45, 7) is 2.69. The van der Waals surface area contributed by atoms with Gasteiger partial charge in [0.05, 0.1) is 11.7 Å². The van der Waals surface area contributed by atoms with Gasteiger partial charge in [0, 0.05) is 18.1 Å². The van der Waals surface area contributed by atoms with Crippen LogP contribution in [0.25, 0.3) is 0 Å². The summed E-state index contributed by atoms with van der Waals surface area (Å²) in [5.41, 5.74) is 0.619. The first-order valence-electron chi connectivity index (χ1n) is 9.57. The minimum atomic E-state index is 0.0579. The fraction of sp³-hybridized carbons (Fsp3) is 0.650. The number of piperidine rings is 1. The summed E-state index contributed by atoms with van der Waals surface area (Å²) in [5.74, 6) is 1.46. The summed E-state index contributed by atoms with van der Waals surface area (Å²) in [5, 5.41) is 3.80. The number of hydrogen-bond acceptors (Lipinski definition) is 3. The molecule has 0 atom stereocenters. The lowest BCUT2D eigenvalue weighted by molar-refractivity contribution is 0.0680. The molecule has 4 nitrogen and oxygen atoms in total. The second kappa shape index (κ2) is 8.91. The van der Waals surface area contributed by atoms with Crippen LogP contribution in [0, 0.1) is 5.92 Å². The molecule has 0 aromatic heterocycles. The first-order chi connectivity index (χ1) is 12.2. The lowest BCUT2D eigenvalue weighted by atomic mass is 9.93. The number of amides is 1. The van der Waals surface area contributed by atoms with E-state index in [4.69, 9.17) is 16.3 Å². The van der Waals surface area contributed by atoms with Crippen LogP contribution in [0.3, 0.4) is 0 Å². The average molecular weight is 365 g/mol. The Hall–Kier alpha value is -1.26. The molecule has 1 aliphatic heterocycles. The van der Waals surface area contributed by atoms with Crippen molar-refractivity contribution < 1.29 is 9.53 Å². The van der Waals surface area contributed by atoms with E-state index in [1.807, 2.05) is 24.1 Å². The molecule has 1 N–H and O–H groups in total. The van der Waals surface area contributed by atoms with Crippen LogP contribution >= 0.6 is 11.6 Å². The normalized spacial score (nSPS) is 19.4. The SMILES string of the molecule is CNCCC1CCN(C(=O)c2cc(Cl)ccc2OC2CCCC2)CC1. The molecule has 1 aliphatic carbocycles. The van der Waals surface area contributed by atoms with Crippen LogP contribution in [-0.2, 0) is 0 Å². The molecule has 2 fully saturated rings. The molecule has 25 heavy (non-hydrogen) atoms. The van der Waals surface area contributed by atoms with Crippen molar-refractivity contribution in [3.05, 3.63) is 28.8 Å². The van der Waals surface area contributed by atoms with Crippen LogP contribution in [-0.4, -0.2) is 43.6 Å². The number of hydrogen-bond donors (Lipinski definition) is 1. The largest absolute Gasteiger partial charge is 0.490 e. The average Bonchev–Trinajstić information content (AvgIpc) is 3.14. The number of ether oxygens (including phenoxy) is 1. The second-order valence-corrected chi connectivity index (χ2v) is 7.73. The summed E-state index contributed by atoms with van der Waals surface area (Å²) >= 11 is 6.16. The van der Waals surface area contributed by atoms with Crippen LogP contribution < -0.4 is 10.1 Å². The highest BCUT2D eigenvalue weighted by Gasteiger charge is 2.27. The van der Waals surface area contributed by atoms with Crippen molar-refractivity contribution in [3.63, 3.8) is 0 Å². The van der Waals surface area contributed by atoms with E-state index in [9.17, 15) is 4.79 Å². The van der Waals surface area contributed by atoms with Crippen molar-refractivity contribution in [2.24, 2.45) is 5.92 Å². The van der Waals surface area contributed by atoms with Gasteiger partial charge in [-0.3, -0.25) is 4.79 Å². The van der Waals surface area contributed by atoms with Crippen LogP contribution in [0.4, 0.5) is 0 Å². The molecule has 138 valence electrons. The standard InChI is InChI=1S/C20H29ClN2O2/c1-22-11-8-15-9-12-23(13-10-15)20(24)18-14-16(21)6-7-19(18)25-17-4-2-3-5-17/h6-7,14-15,17,22H,2-5,8-13H2,1H3. The van der Waals surface area contributed by atoms with Crippen LogP contribution in [0.15, 0.2) is 18.2 Å². The third-order valence-electron chi connectivity index (χ3n) is 5.47. The van der Waals surface area contributed by atoms with E-state index in [1.165, 1.54) is 19.3 Å². The van der Waals surface area contributed by atoms with Gasteiger partial charge < -0.3 is 15.0 Å². The van der Waals surface area contributed by atoms with Gasteiger partial charge in [0.15, 0.2) is 0 Å². The first-order valence-corrected chi connectivity index (χ1v) is 9.95. The van der Waals surface area contributed by atoms with Gasteiger partial charge >= 0.3 is 0 Å². The Morgan fingerprint density at radius 2 is 1.96 bits per heavy atom. The number of nitrogens with one attached hydrogen (secondary N) is 1. The van der Waals surface area contributed by atoms with Crippen molar-refractivity contribution in [2.75, 3.05) is 26.7 Å². The number of carbonyl (C=O) groups excluding carboxylic acids is 1. The maximum absolute atomic E-state index is 13.0. The van der Waals surface area contributed by atoms with E-state index in [1.54, 1.807) is 6.07 Å². The quantitative estimate of drug-likeness (QED) is 0.825. The molecule has 1 saturated heterocycles. The maximum atomic E-state index is 13.0. The van der Waals surface area contributed by atoms with Crippen molar-refractivity contribution in [2.45, 2.75) is 51.0 Å². The minimum absolute atomic E-state index is 0.0579. The van der Waals surface area contributed by atoms with Crippen molar-refractivity contribution >= 4 is 17.5 Å². The van der Waals surface area contributed by atoms with E-state index in [2.05, 4.69) is 5.32 Å². The maximum Gasteiger partial charge on any atom is 0.257 e. The molecule has 0 spiro atoms. The molecule has 0 radical (unpaired) electrons. The smallest absolute Gasteiger partial charge is 0.257 e. The van der Waals surface area contributed by atoms with Crippen molar-refractivity contribution in [1.82, 2.24) is 10.2 Å². The lowest BCUT2D eigenvalue weighted by Gasteiger charge is -2.32. The van der Waals surface area contributed by atoms with Crippen molar-refractivity contribution in [1.29, 1.82) is 0 Å².